The largest absolute Gasteiger partial charge is 0.494 e. The number of hydrogen-bond acceptors (Lipinski definition) is 4. The Hall–Kier alpha value is -3.41. The number of carboxylic acid groups (broad SMARTS) is 1. The van der Waals surface area contributed by atoms with Crippen molar-refractivity contribution in [1.29, 1.82) is 0 Å². The van der Waals surface area contributed by atoms with Crippen LogP contribution in [0.25, 0.3) is 11.3 Å². The van der Waals surface area contributed by atoms with Gasteiger partial charge in [0.1, 0.15) is 17.3 Å². The van der Waals surface area contributed by atoms with Gasteiger partial charge in [-0.05, 0) is 67.3 Å². The van der Waals surface area contributed by atoms with E-state index in [1.165, 1.54) is 17.7 Å². The molecule has 0 atom stereocenters. The fourth-order valence-corrected chi connectivity index (χ4v) is 4.45. The number of hydrogen-bond donors (Lipinski definition) is 2. The number of pyridine rings is 1. The Kier molecular flexibility index (Phi) is 6.69. The van der Waals surface area contributed by atoms with E-state index in [4.69, 9.17) is 9.84 Å². The Morgan fingerprint density at radius 2 is 1.75 bits per heavy atom. The first kappa shape index (κ1) is 21.8. The summed E-state index contributed by atoms with van der Waals surface area (Å²) in [5, 5.41) is 12.2. The van der Waals surface area contributed by atoms with Crippen LogP contribution in [-0.2, 0) is 4.79 Å². The molecule has 1 aromatic heterocycles. The molecule has 0 radical (unpaired) electrons. The number of nitrogens with zero attached hydrogens (tertiary/aromatic N) is 1. The minimum atomic E-state index is -0.696. The van der Waals surface area contributed by atoms with Crippen LogP contribution >= 0.6 is 0 Å². The van der Waals surface area contributed by atoms with Crippen molar-refractivity contribution in [3.63, 3.8) is 0 Å². The first-order chi connectivity index (χ1) is 15.5. The molecule has 1 fully saturated rings. The molecule has 0 saturated heterocycles. The van der Waals surface area contributed by atoms with Gasteiger partial charge in [-0.3, -0.25) is 9.78 Å². The zero-order valence-corrected chi connectivity index (χ0v) is 18.1. The molecule has 32 heavy (non-hydrogen) atoms. The smallest absolute Gasteiger partial charge is 0.303 e. The van der Waals surface area contributed by atoms with Crippen LogP contribution in [0.2, 0.25) is 0 Å². The van der Waals surface area contributed by atoms with Gasteiger partial charge in [0.15, 0.2) is 0 Å². The standard InChI is InChI=1S/C26H27FN2O3/c1-32-24-15-23(29-22-12-10-21(27)11-13-22)16-28-26(24)20-8-6-19(7-9-20)18-4-2-17(3-5-18)14-25(30)31/h6-13,15-18,29H,2-5,14H2,1H3,(H,30,31). The topological polar surface area (TPSA) is 71.5 Å². The summed E-state index contributed by atoms with van der Waals surface area (Å²) in [6.07, 6.45) is 6.01. The number of rotatable bonds is 7. The number of aliphatic carboxylic acids is 1. The van der Waals surface area contributed by atoms with Gasteiger partial charge in [-0.15, -0.1) is 0 Å². The molecule has 1 saturated carbocycles. The number of anilines is 2. The first-order valence-corrected chi connectivity index (χ1v) is 10.9. The van der Waals surface area contributed by atoms with Crippen molar-refractivity contribution in [1.82, 2.24) is 4.98 Å². The molecule has 2 N–H and O–H groups in total. The van der Waals surface area contributed by atoms with Crippen molar-refractivity contribution >= 4 is 17.3 Å². The third kappa shape index (κ3) is 5.25. The summed E-state index contributed by atoms with van der Waals surface area (Å²) in [6.45, 7) is 0. The highest BCUT2D eigenvalue weighted by Gasteiger charge is 2.24. The van der Waals surface area contributed by atoms with Gasteiger partial charge in [0, 0.05) is 23.7 Å². The van der Waals surface area contributed by atoms with Gasteiger partial charge in [-0.1, -0.05) is 24.3 Å². The van der Waals surface area contributed by atoms with E-state index in [1.54, 1.807) is 25.4 Å². The number of benzene rings is 2. The third-order valence-corrected chi connectivity index (χ3v) is 6.17. The Morgan fingerprint density at radius 3 is 2.38 bits per heavy atom. The molecule has 3 aromatic rings. The highest BCUT2D eigenvalue weighted by molar-refractivity contribution is 5.71. The summed E-state index contributed by atoms with van der Waals surface area (Å²) in [5.74, 6) is 0.459. The van der Waals surface area contributed by atoms with Gasteiger partial charge in [-0.25, -0.2) is 4.39 Å². The minimum Gasteiger partial charge on any atom is -0.494 e. The molecule has 0 aliphatic heterocycles. The second kappa shape index (κ2) is 9.81. The van der Waals surface area contributed by atoms with Crippen molar-refractivity contribution in [2.45, 2.75) is 38.0 Å². The van der Waals surface area contributed by atoms with Gasteiger partial charge in [-0.2, -0.15) is 0 Å². The molecule has 0 unspecified atom stereocenters. The third-order valence-electron chi connectivity index (χ3n) is 6.17. The molecular weight excluding hydrogens is 407 g/mol. The molecule has 5 nitrogen and oxygen atoms in total. The van der Waals surface area contributed by atoms with Crippen LogP contribution in [0.4, 0.5) is 15.8 Å². The molecule has 1 heterocycles. The quantitative estimate of drug-likeness (QED) is 0.451. The summed E-state index contributed by atoms with van der Waals surface area (Å²) in [6, 6.07) is 16.4. The van der Waals surface area contributed by atoms with Crippen LogP contribution in [-0.4, -0.2) is 23.2 Å². The summed E-state index contributed by atoms with van der Waals surface area (Å²) < 4.78 is 18.7. The van der Waals surface area contributed by atoms with Crippen LogP contribution in [0.5, 0.6) is 5.75 Å². The van der Waals surface area contributed by atoms with Crippen LogP contribution in [0.1, 0.15) is 43.6 Å². The lowest BCUT2D eigenvalue weighted by atomic mass is 9.77. The number of methoxy groups -OCH3 is 1. The number of carbonyl (C=O) groups is 1. The zero-order chi connectivity index (χ0) is 22.5. The van der Waals surface area contributed by atoms with Crippen molar-refractivity contribution in [2.75, 3.05) is 12.4 Å². The van der Waals surface area contributed by atoms with Crippen LogP contribution < -0.4 is 10.1 Å². The summed E-state index contributed by atoms with van der Waals surface area (Å²) in [4.78, 5) is 15.5. The van der Waals surface area contributed by atoms with Crippen LogP contribution in [0.15, 0.2) is 60.8 Å². The fourth-order valence-electron chi connectivity index (χ4n) is 4.45. The lowest BCUT2D eigenvalue weighted by Gasteiger charge is -2.28. The molecule has 0 amide bonds. The Bertz CT molecular complexity index is 1060. The molecule has 6 heteroatoms. The summed E-state index contributed by atoms with van der Waals surface area (Å²) in [7, 11) is 1.62. The van der Waals surface area contributed by atoms with E-state index >= 15 is 0 Å². The van der Waals surface area contributed by atoms with Crippen molar-refractivity contribution < 1.29 is 19.0 Å². The predicted molar refractivity (Wildman–Crippen MR) is 123 cm³/mol. The molecule has 0 bridgehead atoms. The maximum Gasteiger partial charge on any atom is 0.303 e. The van der Waals surface area contributed by atoms with Gasteiger partial charge in [0.05, 0.1) is 19.0 Å². The van der Waals surface area contributed by atoms with Gasteiger partial charge in [0.25, 0.3) is 0 Å². The second-order valence-corrected chi connectivity index (χ2v) is 8.34. The Labute approximate surface area is 187 Å². The second-order valence-electron chi connectivity index (χ2n) is 8.34. The first-order valence-electron chi connectivity index (χ1n) is 10.9. The van der Waals surface area contributed by atoms with Gasteiger partial charge in [0.2, 0.25) is 0 Å². The lowest BCUT2D eigenvalue weighted by Crippen LogP contribution is -2.16. The normalized spacial score (nSPS) is 18.2. The highest BCUT2D eigenvalue weighted by Crippen LogP contribution is 2.38. The minimum absolute atomic E-state index is 0.279. The number of halogens is 1. The van der Waals surface area contributed by atoms with Crippen molar-refractivity contribution in [3.8, 4) is 17.0 Å². The molecular formula is C26H27FN2O3. The monoisotopic (exact) mass is 434 g/mol. The number of nitrogens with one attached hydrogen (secondary N) is 1. The predicted octanol–water partition coefficient (Wildman–Crippen LogP) is 6.39. The molecule has 4 rings (SSSR count). The number of carboxylic acids is 1. The molecule has 1 aliphatic carbocycles. The summed E-state index contributed by atoms with van der Waals surface area (Å²) in [5.41, 5.74) is 4.54. The Balaban J connectivity index is 1.45. The van der Waals surface area contributed by atoms with Gasteiger partial charge >= 0.3 is 5.97 Å². The van der Waals surface area contributed by atoms with E-state index < -0.39 is 5.97 Å². The SMILES string of the molecule is COc1cc(Nc2ccc(F)cc2)cnc1-c1ccc(C2CCC(CC(=O)O)CC2)cc1. The van der Waals surface area contributed by atoms with E-state index in [2.05, 4.69) is 34.6 Å². The number of aromatic nitrogens is 1. The van der Waals surface area contributed by atoms with E-state index in [9.17, 15) is 9.18 Å². The number of ether oxygens (including phenoxy) is 1. The maximum atomic E-state index is 13.1. The average Bonchev–Trinajstić information content (AvgIpc) is 2.81. The van der Waals surface area contributed by atoms with Crippen LogP contribution in [0.3, 0.4) is 0 Å². The van der Waals surface area contributed by atoms with E-state index in [0.29, 0.717) is 17.6 Å². The van der Waals surface area contributed by atoms with Crippen LogP contribution in [0, 0.1) is 11.7 Å². The molecule has 166 valence electrons. The average molecular weight is 435 g/mol. The molecule has 1 aliphatic rings. The molecule has 0 spiro atoms. The van der Waals surface area contributed by atoms with Gasteiger partial charge < -0.3 is 15.2 Å². The van der Waals surface area contributed by atoms with E-state index in [0.717, 1.165) is 48.3 Å². The van der Waals surface area contributed by atoms with E-state index in [1.807, 2.05) is 6.07 Å². The lowest BCUT2D eigenvalue weighted by molar-refractivity contribution is -0.138. The molecule has 2 aromatic carbocycles. The maximum absolute atomic E-state index is 13.1. The summed E-state index contributed by atoms with van der Waals surface area (Å²) >= 11 is 0. The zero-order valence-electron chi connectivity index (χ0n) is 18.1. The van der Waals surface area contributed by atoms with Crippen molar-refractivity contribution in [2.24, 2.45) is 5.92 Å². The Morgan fingerprint density at radius 1 is 1.06 bits per heavy atom. The fraction of sp³-hybridized carbons (Fsp3) is 0.308. The van der Waals surface area contributed by atoms with Crippen molar-refractivity contribution in [3.05, 3.63) is 72.2 Å². The van der Waals surface area contributed by atoms with E-state index in [-0.39, 0.29) is 12.2 Å². The highest BCUT2D eigenvalue weighted by atomic mass is 19.1.